The van der Waals surface area contributed by atoms with E-state index in [9.17, 15) is 27.6 Å². The molecule has 0 bridgehead atoms. The van der Waals surface area contributed by atoms with Gasteiger partial charge < -0.3 is 32.1 Å². The van der Waals surface area contributed by atoms with E-state index in [4.69, 9.17) is 21.9 Å². The standard InChI is InChI=1S/C28H37BF3N5O4/c1-29-22-14-19(2-5-20(22)17-41-29)16-25(38)24(15-18-3-6-21(7-4-18)28(30,31)32)36-27(40)23(35)8-9-26(39)37(12-10-33)13-11-34/h2-7,14,23-24H,8-13,15-17,33-35H2,1H3,(H,36,40)/t23-,24+/m0/s1. The second-order valence-corrected chi connectivity index (χ2v) is 10.2. The van der Waals surface area contributed by atoms with E-state index in [1.807, 2.05) is 25.0 Å². The minimum Gasteiger partial charge on any atom is -0.427 e. The SMILES string of the molecule is CB1OCc2ccc(CC(=O)[C@@H](Cc3ccc(C(F)(F)F)cc3)NC(=O)[C@@H](N)CCC(=O)N(CCN)CCN)cc21. The number of alkyl halides is 3. The number of nitrogens with two attached hydrogens (primary N) is 3. The van der Waals surface area contributed by atoms with Crippen LogP contribution in [0.1, 0.15) is 35.1 Å². The molecule has 13 heteroatoms. The Morgan fingerprint density at radius 2 is 1.68 bits per heavy atom. The van der Waals surface area contributed by atoms with Crippen molar-refractivity contribution >= 4 is 30.0 Å². The average molecular weight is 575 g/mol. The van der Waals surface area contributed by atoms with Crippen LogP contribution >= 0.6 is 0 Å². The van der Waals surface area contributed by atoms with Crippen molar-refractivity contribution in [2.45, 2.75) is 57.4 Å². The third kappa shape index (κ3) is 9.12. The van der Waals surface area contributed by atoms with Crippen molar-refractivity contribution in [2.24, 2.45) is 17.2 Å². The van der Waals surface area contributed by atoms with Crippen LogP contribution in [0.2, 0.25) is 6.82 Å². The molecule has 1 aliphatic heterocycles. The highest BCUT2D eigenvalue weighted by Crippen LogP contribution is 2.29. The number of ketones is 1. The number of hydrogen-bond acceptors (Lipinski definition) is 7. The van der Waals surface area contributed by atoms with Crippen molar-refractivity contribution in [3.05, 3.63) is 64.7 Å². The fourth-order valence-electron chi connectivity index (χ4n) is 4.72. The molecule has 0 radical (unpaired) electrons. The van der Waals surface area contributed by atoms with E-state index in [2.05, 4.69) is 5.32 Å². The Hall–Kier alpha value is -3.26. The summed E-state index contributed by atoms with van der Waals surface area (Å²) in [6, 6.07) is 7.92. The van der Waals surface area contributed by atoms with Crippen LogP contribution < -0.4 is 28.0 Å². The summed E-state index contributed by atoms with van der Waals surface area (Å²) in [5.74, 6) is -1.20. The Morgan fingerprint density at radius 1 is 1.05 bits per heavy atom. The van der Waals surface area contributed by atoms with Gasteiger partial charge in [-0.25, -0.2) is 0 Å². The number of nitrogens with one attached hydrogen (secondary N) is 1. The van der Waals surface area contributed by atoms with E-state index in [-0.39, 0.29) is 57.4 Å². The van der Waals surface area contributed by atoms with Crippen LogP contribution in [-0.2, 0) is 44.7 Å². The molecule has 0 spiro atoms. The molecule has 0 fully saturated rings. The van der Waals surface area contributed by atoms with Gasteiger partial charge in [-0.3, -0.25) is 14.4 Å². The number of benzene rings is 2. The topological polar surface area (TPSA) is 154 Å². The lowest BCUT2D eigenvalue weighted by atomic mass is 9.64. The number of nitrogens with zero attached hydrogens (tertiary/aromatic N) is 1. The number of fused-ring (bicyclic) bond motifs is 1. The minimum atomic E-state index is -4.50. The van der Waals surface area contributed by atoms with Crippen molar-refractivity contribution < 1.29 is 32.2 Å². The quantitative estimate of drug-likeness (QED) is 0.243. The first-order chi connectivity index (χ1) is 19.4. The van der Waals surface area contributed by atoms with Gasteiger partial charge in [0.1, 0.15) is 0 Å². The number of halogens is 3. The molecular weight excluding hydrogens is 538 g/mol. The number of hydrogen-bond donors (Lipinski definition) is 4. The van der Waals surface area contributed by atoms with Crippen molar-refractivity contribution in [3.63, 3.8) is 0 Å². The normalized spacial score (nSPS) is 14.4. The second kappa shape index (κ2) is 14.6. The first kappa shape index (κ1) is 32.3. The summed E-state index contributed by atoms with van der Waals surface area (Å²) < 4.78 is 44.7. The van der Waals surface area contributed by atoms with Crippen LogP contribution in [0, 0.1) is 0 Å². The third-order valence-electron chi connectivity index (χ3n) is 7.10. The maximum absolute atomic E-state index is 13.4. The van der Waals surface area contributed by atoms with E-state index >= 15 is 0 Å². The fraction of sp³-hybridized carbons (Fsp3) is 0.464. The maximum Gasteiger partial charge on any atom is 0.416 e. The number of Topliss-reactive ketones (excluding diaryl/α,β-unsaturated/α-hetero) is 1. The first-order valence-corrected chi connectivity index (χ1v) is 13.6. The summed E-state index contributed by atoms with van der Waals surface area (Å²) in [7, 11) is 0. The first-order valence-electron chi connectivity index (χ1n) is 13.6. The zero-order chi connectivity index (χ0) is 30.2. The average Bonchev–Trinajstić information content (AvgIpc) is 3.30. The van der Waals surface area contributed by atoms with Gasteiger partial charge in [0, 0.05) is 39.0 Å². The zero-order valence-corrected chi connectivity index (χ0v) is 23.1. The van der Waals surface area contributed by atoms with Gasteiger partial charge in [0.2, 0.25) is 11.8 Å². The summed E-state index contributed by atoms with van der Waals surface area (Å²) in [6.45, 7) is 3.50. The lowest BCUT2D eigenvalue weighted by Crippen LogP contribution is -2.50. The fourth-order valence-corrected chi connectivity index (χ4v) is 4.72. The number of carbonyl (C=O) groups excluding carboxylic acids is 3. The molecule has 2 aromatic rings. The van der Waals surface area contributed by atoms with E-state index in [1.165, 1.54) is 17.0 Å². The number of carbonyl (C=O) groups is 3. The Bertz CT molecular complexity index is 1210. The summed E-state index contributed by atoms with van der Waals surface area (Å²) in [4.78, 5) is 40.4. The highest BCUT2D eigenvalue weighted by molar-refractivity contribution is 6.67. The summed E-state index contributed by atoms with van der Waals surface area (Å²) in [5.41, 5.74) is 19.6. The van der Waals surface area contributed by atoms with E-state index in [1.54, 1.807) is 0 Å². The molecule has 9 nitrogen and oxygen atoms in total. The lowest BCUT2D eigenvalue weighted by molar-refractivity contribution is -0.137. The molecule has 1 heterocycles. The Labute approximate surface area is 238 Å². The highest BCUT2D eigenvalue weighted by atomic mass is 19.4. The Balaban J connectivity index is 1.72. The van der Waals surface area contributed by atoms with Crippen LogP contribution in [0.5, 0.6) is 0 Å². The van der Waals surface area contributed by atoms with Gasteiger partial charge in [0.25, 0.3) is 0 Å². The van der Waals surface area contributed by atoms with Crippen LogP contribution in [0.4, 0.5) is 13.2 Å². The van der Waals surface area contributed by atoms with E-state index in [0.29, 0.717) is 25.3 Å². The zero-order valence-electron chi connectivity index (χ0n) is 23.1. The van der Waals surface area contributed by atoms with Crippen LogP contribution in [-0.4, -0.2) is 67.7 Å². The Morgan fingerprint density at radius 3 is 2.29 bits per heavy atom. The largest absolute Gasteiger partial charge is 0.427 e. The Kier molecular flexibility index (Phi) is 11.5. The molecule has 0 unspecified atom stereocenters. The molecule has 2 aromatic carbocycles. The molecule has 1 aliphatic rings. The van der Waals surface area contributed by atoms with Crippen molar-refractivity contribution in [3.8, 4) is 0 Å². The predicted octanol–water partition coefficient (Wildman–Crippen LogP) is 0.757. The lowest BCUT2D eigenvalue weighted by Gasteiger charge is -2.23. The van der Waals surface area contributed by atoms with Crippen LogP contribution in [0.15, 0.2) is 42.5 Å². The smallest absolute Gasteiger partial charge is 0.416 e. The summed E-state index contributed by atoms with van der Waals surface area (Å²) in [6.07, 6.45) is -4.52. The van der Waals surface area contributed by atoms with Crippen molar-refractivity contribution in [1.82, 2.24) is 10.2 Å². The molecule has 7 N–H and O–H groups in total. The molecule has 0 aliphatic carbocycles. The molecule has 2 atom stereocenters. The van der Waals surface area contributed by atoms with Crippen LogP contribution in [0.3, 0.4) is 0 Å². The molecule has 2 amide bonds. The molecule has 0 saturated carbocycles. The molecule has 0 aromatic heterocycles. The van der Waals surface area contributed by atoms with Gasteiger partial charge in [-0.1, -0.05) is 37.2 Å². The minimum absolute atomic E-state index is 0.00750. The molecule has 222 valence electrons. The number of amides is 2. The van der Waals surface area contributed by atoms with E-state index < -0.39 is 29.7 Å². The van der Waals surface area contributed by atoms with E-state index in [0.717, 1.165) is 28.7 Å². The second-order valence-electron chi connectivity index (χ2n) is 10.2. The van der Waals surface area contributed by atoms with Crippen molar-refractivity contribution in [2.75, 3.05) is 26.2 Å². The van der Waals surface area contributed by atoms with Gasteiger partial charge in [-0.2, -0.15) is 13.2 Å². The maximum atomic E-state index is 13.4. The van der Waals surface area contributed by atoms with Crippen LogP contribution in [0.25, 0.3) is 0 Å². The summed E-state index contributed by atoms with van der Waals surface area (Å²) >= 11 is 0. The molecule has 3 rings (SSSR count). The van der Waals surface area contributed by atoms with Crippen molar-refractivity contribution in [1.29, 1.82) is 0 Å². The third-order valence-corrected chi connectivity index (χ3v) is 7.10. The molecular formula is C28H37BF3N5O4. The van der Waals surface area contributed by atoms with Gasteiger partial charge in [-0.15, -0.1) is 0 Å². The monoisotopic (exact) mass is 575 g/mol. The number of rotatable bonds is 14. The van der Waals surface area contributed by atoms with Gasteiger partial charge >= 0.3 is 13.1 Å². The van der Waals surface area contributed by atoms with Gasteiger partial charge in [0.05, 0.1) is 24.3 Å². The predicted molar refractivity (Wildman–Crippen MR) is 150 cm³/mol. The highest BCUT2D eigenvalue weighted by Gasteiger charge is 2.31. The molecule has 41 heavy (non-hydrogen) atoms. The molecule has 0 saturated heterocycles. The van der Waals surface area contributed by atoms with Gasteiger partial charge in [-0.05, 0) is 47.1 Å². The summed E-state index contributed by atoms with van der Waals surface area (Å²) in [5, 5.41) is 2.67. The van der Waals surface area contributed by atoms with Gasteiger partial charge in [0.15, 0.2) is 5.78 Å².